The molecule has 1 atom stereocenters. The van der Waals surface area contributed by atoms with Crippen molar-refractivity contribution < 1.29 is 9.90 Å². The molecule has 0 spiro atoms. The second-order valence-corrected chi connectivity index (χ2v) is 6.44. The molecule has 1 saturated heterocycles. The van der Waals surface area contributed by atoms with Gasteiger partial charge in [0.25, 0.3) is 5.91 Å². The number of carbonyl (C=O) groups excluding carboxylic acids is 1. The van der Waals surface area contributed by atoms with Crippen molar-refractivity contribution in [3.8, 4) is 5.75 Å². The molecule has 1 unspecified atom stereocenters. The van der Waals surface area contributed by atoms with Crippen molar-refractivity contribution in [1.29, 1.82) is 0 Å². The highest BCUT2D eigenvalue weighted by Crippen LogP contribution is 2.26. The van der Waals surface area contributed by atoms with E-state index in [1.54, 1.807) is 6.07 Å². The van der Waals surface area contributed by atoms with Gasteiger partial charge in [-0.2, -0.15) is 0 Å². The maximum atomic E-state index is 12.2. The Labute approximate surface area is 140 Å². The van der Waals surface area contributed by atoms with Crippen molar-refractivity contribution in [2.24, 2.45) is 5.92 Å². The number of nitrogens with one attached hydrogen (secondary N) is 1. The third-order valence-electron chi connectivity index (χ3n) is 4.12. The molecule has 1 aliphatic rings. The number of carbonyl (C=O) groups is 1. The molecule has 3 rings (SSSR count). The first kappa shape index (κ1) is 15.7. The van der Waals surface area contributed by atoms with E-state index in [4.69, 9.17) is 11.6 Å². The zero-order chi connectivity index (χ0) is 16.4. The molecular weight excluding hydrogens is 312 g/mol. The van der Waals surface area contributed by atoms with Crippen LogP contribution in [-0.4, -0.2) is 24.1 Å². The molecule has 1 amide bonds. The van der Waals surface area contributed by atoms with Crippen LogP contribution in [0.4, 0.5) is 11.4 Å². The molecule has 0 aliphatic carbocycles. The van der Waals surface area contributed by atoms with E-state index in [1.165, 1.54) is 18.6 Å². The van der Waals surface area contributed by atoms with E-state index in [9.17, 15) is 9.90 Å². The number of phenols is 1. The Morgan fingerprint density at radius 1 is 1.26 bits per heavy atom. The smallest absolute Gasteiger partial charge is 0.259 e. The molecule has 120 valence electrons. The average Bonchev–Trinajstić information content (AvgIpc) is 2.97. The maximum Gasteiger partial charge on any atom is 0.259 e. The molecule has 1 heterocycles. The summed E-state index contributed by atoms with van der Waals surface area (Å²) >= 11 is 5.87. The van der Waals surface area contributed by atoms with Crippen molar-refractivity contribution in [3.05, 3.63) is 53.1 Å². The molecule has 2 aromatic carbocycles. The number of benzene rings is 2. The van der Waals surface area contributed by atoms with Crippen LogP contribution in [0.25, 0.3) is 0 Å². The molecule has 0 saturated carbocycles. The standard InChI is InChI=1S/C18H19ClN2O2/c1-12-8-9-21(11-12)15-5-3-14(4-6-15)20-18(23)16-10-13(19)2-7-17(16)22/h2-7,10,12,22H,8-9,11H2,1H3,(H,20,23). The first-order chi connectivity index (χ1) is 11.0. The Bertz CT molecular complexity index is 715. The van der Waals surface area contributed by atoms with Gasteiger partial charge < -0.3 is 15.3 Å². The molecule has 0 aromatic heterocycles. The second-order valence-electron chi connectivity index (χ2n) is 6.00. The summed E-state index contributed by atoms with van der Waals surface area (Å²) in [6.45, 7) is 4.40. The lowest BCUT2D eigenvalue weighted by Crippen LogP contribution is -2.19. The van der Waals surface area contributed by atoms with Crippen LogP contribution in [0.3, 0.4) is 0 Å². The summed E-state index contributed by atoms with van der Waals surface area (Å²) in [5.41, 5.74) is 2.01. The lowest BCUT2D eigenvalue weighted by Gasteiger charge is -2.18. The van der Waals surface area contributed by atoms with Crippen LogP contribution in [0.15, 0.2) is 42.5 Å². The number of phenolic OH excluding ortho intramolecular Hbond substituents is 1. The monoisotopic (exact) mass is 330 g/mol. The molecule has 2 N–H and O–H groups in total. The number of halogens is 1. The molecule has 0 bridgehead atoms. The van der Waals surface area contributed by atoms with Crippen molar-refractivity contribution in [3.63, 3.8) is 0 Å². The first-order valence-corrected chi connectivity index (χ1v) is 8.05. The number of hydrogen-bond donors (Lipinski definition) is 2. The molecule has 1 aliphatic heterocycles. The molecule has 23 heavy (non-hydrogen) atoms. The summed E-state index contributed by atoms with van der Waals surface area (Å²) in [6, 6.07) is 12.2. The van der Waals surface area contributed by atoms with Gasteiger partial charge in [0.05, 0.1) is 5.56 Å². The van der Waals surface area contributed by atoms with Crippen molar-refractivity contribution in [2.75, 3.05) is 23.3 Å². The van der Waals surface area contributed by atoms with Crippen LogP contribution in [0.5, 0.6) is 5.75 Å². The number of aromatic hydroxyl groups is 1. The fourth-order valence-electron chi connectivity index (χ4n) is 2.81. The van der Waals surface area contributed by atoms with Gasteiger partial charge in [0, 0.05) is 29.5 Å². The fraction of sp³-hybridized carbons (Fsp3) is 0.278. The number of nitrogens with zero attached hydrogens (tertiary/aromatic N) is 1. The Balaban J connectivity index is 1.70. The van der Waals surface area contributed by atoms with E-state index in [0.717, 1.165) is 24.7 Å². The highest BCUT2D eigenvalue weighted by atomic mass is 35.5. The molecule has 2 aromatic rings. The predicted molar refractivity (Wildman–Crippen MR) is 93.5 cm³/mol. The Kier molecular flexibility index (Phi) is 4.44. The zero-order valence-electron chi connectivity index (χ0n) is 12.9. The first-order valence-electron chi connectivity index (χ1n) is 7.68. The molecule has 1 fully saturated rings. The largest absolute Gasteiger partial charge is 0.507 e. The minimum absolute atomic E-state index is 0.0884. The fourth-order valence-corrected chi connectivity index (χ4v) is 2.99. The lowest BCUT2D eigenvalue weighted by atomic mass is 10.1. The van der Waals surface area contributed by atoms with E-state index in [2.05, 4.69) is 17.1 Å². The number of rotatable bonds is 3. The highest BCUT2D eigenvalue weighted by molar-refractivity contribution is 6.31. The Hall–Kier alpha value is -2.20. The van der Waals surface area contributed by atoms with Gasteiger partial charge in [-0.25, -0.2) is 0 Å². The van der Waals surface area contributed by atoms with Crippen LogP contribution in [-0.2, 0) is 0 Å². The summed E-state index contributed by atoms with van der Waals surface area (Å²) < 4.78 is 0. The van der Waals surface area contributed by atoms with Gasteiger partial charge in [0.1, 0.15) is 5.75 Å². The minimum Gasteiger partial charge on any atom is -0.507 e. The van der Waals surface area contributed by atoms with E-state index >= 15 is 0 Å². The van der Waals surface area contributed by atoms with E-state index in [0.29, 0.717) is 10.7 Å². The summed E-state index contributed by atoms with van der Waals surface area (Å²) in [5.74, 6) is 0.252. The van der Waals surface area contributed by atoms with Crippen LogP contribution in [0, 0.1) is 5.92 Å². The predicted octanol–water partition coefficient (Wildman–Crippen LogP) is 4.14. The van der Waals surface area contributed by atoms with Gasteiger partial charge in [-0.15, -0.1) is 0 Å². The minimum atomic E-state index is -0.382. The maximum absolute atomic E-state index is 12.2. The normalized spacial score (nSPS) is 17.3. The number of hydrogen-bond acceptors (Lipinski definition) is 3. The van der Waals surface area contributed by atoms with Gasteiger partial charge >= 0.3 is 0 Å². The van der Waals surface area contributed by atoms with E-state index in [-0.39, 0.29) is 17.2 Å². The van der Waals surface area contributed by atoms with Gasteiger partial charge in [0.2, 0.25) is 0 Å². The van der Waals surface area contributed by atoms with Crippen molar-refractivity contribution in [2.45, 2.75) is 13.3 Å². The van der Waals surface area contributed by atoms with Gasteiger partial charge in [-0.1, -0.05) is 18.5 Å². The average molecular weight is 331 g/mol. The summed E-state index contributed by atoms with van der Waals surface area (Å²) in [6.07, 6.45) is 1.21. The Morgan fingerprint density at radius 3 is 2.65 bits per heavy atom. The highest BCUT2D eigenvalue weighted by Gasteiger charge is 2.19. The summed E-state index contributed by atoms with van der Waals surface area (Å²) in [4.78, 5) is 14.6. The van der Waals surface area contributed by atoms with E-state index < -0.39 is 0 Å². The third-order valence-corrected chi connectivity index (χ3v) is 4.35. The summed E-state index contributed by atoms with van der Waals surface area (Å²) in [7, 11) is 0. The summed E-state index contributed by atoms with van der Waals surface area (Å²) in [5, 5.41) is 13.0. The Morgan fingerprint density at radius 2 is 2.00 bits per heavy atom. The zero-order valence-corrected chi connectivity index (χ0v) is 13.7. The second kappa shape index (κ2) is 6.50. The van der Waals surface area contributed by atoms with Crippen LogP contribution >= 0.6 is 11.6 Å². The molecule has 5 heteroatoms. The number of anilines is 2. The SMILES string of the molecule is CC1CCN(c2ccc(NC(=O)c3cc(Cl)ccc3O)cc2)C1. The van der Waals surface area contributed by atoms with Crippen LogP contribution < -0.4 is 10.2 Å². The van der Waals surface area contributed by atoms with Crippen molar-refractivity contribution >= 4 is 28.9 Å². The van der Waals surface area contributed by atoms with Crippen LogP contribution in [0.2, 0.25) is 5.02 Å². The third kappa shape index (κ3) is 3.59. The lowest BCUT2D eigenvalue weighted by molar-refractivity contribution is 0.102. The number of amides is 1. The van der Waals surface area contributed by atoms with Crippen molar-refractivity contribution in [1.82, 2.24) is 0 Å². The topological polar surface area (TPSA) is 52.6 Å². The molecule has 4 nitrogen and oxygen atoms in total. The van der Waals surface area contributed by atoms with Crippen LogP contribution in [0.1, 0.15) is 23.7 Å². The molecular formula is C18H19ClN2O2. The quantitative estimate of drug-likeness (QED) is 0.889. The molecule has 0 radical (unpaired) electrons. The van der Waals surface area contributed by atoms with Gasteiger partial charge in [0.15, 0.2) is 0 Å². The van der Waals surface area contributed by atoms with E-state index in [1.807, 2.05) is 24.3 Å². The van der Waals surface area contributed by atoms with Gasteiger partial charge in [-0.3, -0.25) is 4.79 Å². The van der Waals surface area contributed by atoms with Gasteiger partial charge in [-0.05, 0) is 54.8 Å².